The van der Waals surface area contributed by atoms with E-state index in [9.17, 15) is 4.79 Å². The zero-order valence-corrected chi connectivity index (χ0v) is 13.7. The number of benzene rings is 1. The van der Waals surface area contributed by atoms with Crippen LogP contribution in [0, 0.1) is 0 Å². The Bertz CT molecular complexity index is 522. The number of aliphatic imine (C=N–C) groups is 1. The largest absolute Gasteiger partial charge is 0.447 e. The Morgan fingerprint density at radius 1 is 1.32 bits per heavy atom. The first-order valence-corrected chi connectivity index (χ1v) is 7.49. The van der Waals surface area contributed by atoms with Crippen LogP contribution in [0.3, 0.4) is 0 Å². The molecule has 1 aliphatic heterocycles. The molecule has 1 aliphatic rings. The highest BCUT2D eigenvalue weighted by molar-refractivity contribution is 5.79. The molecule has 5 nitrogen and oxygen atoms in total. The minimum absolute atomic E-state index is 0.255. The van der Waals surface area contributed by atoms with Crippen LogP contribution in [-0.4, -0.2) is 48.2 Å². The van der Waals surface area contributed by atoms with Gasteiger partial charge < -0.3 is 9.47 Å². The van der Waals surface area contributed by atoms with Crippen LogP contribution in [-0.2, 0) is 9.47 Å². The molecular weight excluding hydrogens is 280 g/mol. The quantitative estimate of drug-likeness (QED) is 0.634. The Morgan fingerprint density at radius 2 is 2.00 bits per heavy atom. The standard InChI is InChI=1S/C17H24N2O3/c1-16(2)13-22-17(3,4)19(16)15(20)21-11-10-18-12-14-8-6-5-7-9-14/h5-9,12H,10-11,13H2,1-4H3. The van der Waals surface area contributed by atoms with Gasteiger partial charge in [-0.1, -0.05) is 30.3 Å². The van der Waals surface area contributed by atoms with Gasteiger partial charge in [0.2, 0.25) is 0 Å². The van der Waals surface area contributed by atoms with E-state index in [0.717, 1.165) is 5.56 Å². The van der Waals surface area contributed by atoms with Crippen LogP contribution in [0.25, 0.3) is 0 Å². The number of ether oxygens (including phenoxy) is 2. The maximum absolute atomic E-state index is 12.3. The predicted octanol–water partition coefficient (Wildman–Crippen LogP) is 3.09. The van der Waals surface area contributed by atoms with Gasteiger partial charge in [0.1, 0.15) is 12.3 Å². The second-order valence-corrected chi connectivity index (χ2v) is 6.44. The van der Waals surface area contributed by atoms with Crippen molar-refractivity contribution in [2.24, 2.45) is 4.99 Å². The molecule has 120 valence electrons. The molecule has 5 heteroatoms. The molecule has 1 heterocycles. The Morgan fingerprint density at radius 3 is 2.59 bits per heavy atom. The van der Waals surface area contributed by atoms with Crippen molar-refractivity contribution in [3.05, 3.63) is 35.9 Å². The molecule has 1 fully saturated rings. The summed E-state index contributed by atoms with van der Waals surface area (Å²) in [6, 6.07) is 9.82. The summed E-state index contributed by atoms with van der Waals surface area (Å²) in [5.74, 6) is 0. The molecule has 0 radical (unpaired) electrons. The van der Waals surface area contributed by atoms with Gasteiger partial charge >= 0.3 is 6.09 Å². The normalized spacial score (nSPS) is 19.5. The Balaban J connectivity index is 1.82. The summed E-state index contributed by atoms with van der Waals surface area (Å²) in [6.07, 6.45) is 1.42. The molecule has 0 bridgehead atoms. The highest BCUT2D eigenvalue weighted by atomic mass is 16.6. The van der Waals surface area contributed by atoms with E-state index in [0.29, 0.717) is 13.2 Å². The third kappa shape index (κ3) is 3.85. The summed E-state index contributed by atoms with van der Waals surface area (Å²) >= 11 is 0. The lowest BCUT2D eigenvalue weighted by molar-refractivity contribution is -0.0513. The van der Waals surface area contributed by atoms with E-state index in [1.807, 2.05) is 58.0 Å². The van der Waals surface area contributed by atoms with E-state index in [1.54, 1.807) is 11.1 Å². The van der Waals surface area contributed by atoms with Crippen LogP contribution in [0.1, 0.15) is 33.3 Å². The molecule has 0 atom stereocenters. The molecule has 1 aromatic carbocycles. The van der Waals surface area contributed by atoms with Crippen LogP contribution in [0.5, 0.6) is 0 Å². The molecule has 0 saturated carbocycles. The summed E-state index contributed by atoms with van der Waals surface area (Å²) in [6.45, 7) is 8.88. The minimum atomic E-state index is -0.645. The average molecular weight is 304 g/mol. The molecular formula is C17H24N2O3. The first-order chi connectivity index (χ1) is 10.3. The molecule has 22 heavy (non-hydrogen) atoms. The molecule has 0 N–H and O–H groups in total. The lowest BCUT2D eigenvalue weighted by Crippen LogP contribution is -2.53. The number of carbonyl (C=O) groups excluding carboxylic acids is 1. The fourth-order valence-electron chi connectivity index (χ4n) is 2.64. The highest BCUT2D eigenvalue weighted by Gasteiger charge is 2.49. The maximum atomic E-state index is 12.3. The zero-order chi connectivity index (χ0) is 16.2. The summed E-state index contributed by atoms with van der Waals surface area (Å²) in [5, 5.41) is 0. The third-order valence-corrected chi connectivity index (χ3v) is 3.59. The number of amides is 1. The average Bonchev–Trinajstić information content (AvgIpc) is 2.68. The van der Waals surface area contributed by atoms with Crippen molar-refractivity contribution in [3.63, 3.8) is 0 Å². The van der Waals surface area contributed by atoms with Gasteiger partial charge in [0, 0.05) is 6.21 Å². The molecule has 2 rings (SSSR count). The second kappa shape index (κ2) is 6.48. The van der Waals surface area contributed by atoms with Crippen LogP contribution in [0.2, 0.25) is 0 Å². The Kier molecular flexibility index (Phi) is 4.86. The van der Waals surface area contributed by atoms with E-state index in [4.69, 9.17) is 9.47 Å². The van der Waals surface area contributed by atoms with Gasteiger partial charge in [0.05, 0.1) is 18.7 Å². The van der Waals surface area contributed by atoms with Crippen LogP contribution < -0.4 is 0 Å². The molecule has 1 amide bonds. The van der Waals surface area contributed by atoms with Gasteiger partial charge in [-0.3, -0.25) is 9.89 Å². The van der Waals surface area contributed by atoms with Crippen molar-refractivity contribution >= 4 is 12.3 Å². The number of rotatable bonds is 4. The summed E-state index contributed by atoms with van der Waals surface area (Å²) in [5.41, 5.74) is 0.0194. The number of hydrogen-bond donors (Lipinski definition) is 0. The van der Waals surface area contributed by atoms with Gasteiger partial charge in [-0.15, -0.1) is 0 Å². The summed E-state index contributed by atoms with van der Waals surface area (Å²) < 4.78 is 11.0. The van der Waals surface area contributed by atoms with Crippen molar-refractivity contribution in [3.8, 4) is 0 Å². The monoisotopic (exact) mass is 304 g/mol. The summed E-state index contributed by atoms with van der Waals surface area (Å²) in [4.78, 5) is 18.2. The van der Waals surface area contributed by atoms with Gasteiger partial charge in [0.15, 0.2) is 0 Å². The number of carbonyl (C=O) groups is 1. The van der Waals surface area contributed by atoms with Gasteiger partial charge in [-0.05, 0) is 33.3 Å². The van der Waals surface area contributed by atoms with Crippen molar-refractivity contribution in [1.29, 1.82) is 0 Å². The highest BCUT2D eigenvalue weighted by Crippen LogP contribution is 2.34. The van der Waals surface area contributed by atoms with Crippen molar-refractivity contribution in [1.82, 2.24) is 4.90 Å². The molecule has 0 spiro atoms. The lowest BCUT2D eigenvalue weighted by Gasteiger charge is -2.36. The maximum Gasteiger partial charge on any atom is 0.412 e. The van der Waals surface area contributed by atoms with Crippen molar-refractivity contribution in [2.45, 2.75) is 39.0 Å². The predicted molar refractivity (Wildman–Crippen MR) is 86.2 cm³/mol. The SMILES string of the molecule is CC1(C)COC(C)(C)N1C(=O)OCCN=Cc1ccccc1. The first kappa shape index (κ1) is 16.5. The van der Waals surface area contributed by atoms with Gasteiger partial charge in [-0.25, -0.2) is 4.79 Å². The zero-order valence-electron chi connectivity index (χ0n) is 13.7. The fourth-order valence-corrected chi connectivity index (χ4v) is 2.64. The van der Waals surface area contributed by atoms with Gasteiger partial charge in [-0.2, -0.15) is 0 Å². The fraction of sp³-hybridized carbons (Fsp3) is 0.529. The summed E-state index contributed by atoms with van der Waals surface area (Å²) in [7, 11) is 0. The number of hydrogen-bond acceptors (Lipinski definition) is 4. The van der Waals surface area contributed by atoms with E-state index >= 15 is 0 Å². The Hall–Kier alpha value is -1.88. The van der Waals surface area contributed by atoms with E-state index in [-0.39, 0.29) is 18.2 Å². The van der Waals surface area contributed by atoms with Crippen LogP contribution >= 0.6 is 0 Å². The van der Waals surface area contributed by atoms with Crippen LogP contribution in [0.15, 0.2) is 35.3 Å². The molecule has 0 unspecified atom stereocenters. The van der Waals surface area contributed by atoms with E-state index in [2.05, 4.69) is 4.99 Å². The van der Waals surface area contributed by atoms with E-state index < -0.39 is 5.72 Å². The number of nitrogens with zero attached hydrogens (tertiary/aromatic N) is 2. The smallest absolute Gasteiger partial charge is 0.412 e. The van der Waals surface area contributed by atoms with Crippen molar-refractivity contribution < 1.29 is 14.3 Å². The third-order valence-electron chi connectivity index (χ3n) is 3.59. The minimum Gasteiger partial charge on any atom is -0.447 e. The first-order valence-electron chi connectivity index (χ1n) is 7.49. The molecule has 1 aromatic rings. The molecule has 1 saturated heterocycles. The van der Waals surface area contributed by atoms with E-state index in [1.165, 1.54) is 0 Å². The van der Waals surface area contributed by atoms with Crippen LogP contribution in [0.4, 0.5) is 4.79 Å². The molecule has 0 aliphatic carbocycles. The lowest BCUT2D eigenvalue weighted by atomic mass is 10.0. The Labute approximate surface area is 131 Å². The molecule has 0 aromatic heterocycles. The topological polar surface area (TPSA) is 51.1 Å². The second-order valence-electron chi connectivity index (χ2n) is 6.44. The van der Waals surface area contributed by atoms with Gasteiger partial charge in [0.25, 0.3) is 0 Å². The van der Waals surface area contributed by atoms with Crippen molar-refractivity contribution in [2.75, 3.05) is 19.8 Å².